The fourth-order valence-electron chi connectivity index (χ4n) is 2.12. The maximum Gasteiger partial charge on any atom is 0.292 e. The van der Waals surface area contributed by atoms with Crippen LogP contribution in [-0.4, -0.2) is 0 Å². The maximum absolute atomic E-state index is 8.77. The highest BCUT2D eigenvalue weighted by molar-refractivity contribution is 5.49. The molecule has 0 saturated heterocycles. The van der Waals surface area contributed by atoms with Crippen molar-refractivity contribution in [2.75, 3.05) is 0 Å². The van der Waals surface area contributed by atoms with Gasteiger partial charge in [-0.05, 0) is 36.2 Å². The number of hydrogen-bond donors (Lipinski definition) is 0. The molecule has 23 heavy (non-hydrogen) atoms. The van der Waals surface area contributed by atoms with Crippen LogP contribution in [0.2, 0.25) is 0 Å². The zero-order chi connectivity index (χ0) is 16.7. The lowest BCUT2D eigenvalue weighted by atomic mass is 10.0. The molecule has 0 atom stereocenters. The van der Waals surface area contributed by atoms with Crippen LogP contribution in [0.25, 0.3) is 0 Å². The van der Waals surface area contributed by atoms with Gasteiger partial charge >= 0.3 is 0 Å². The van der Waals surface area contributed by atoms with Crippen molar-refractivity contribution >= 4 is 0 Å². The number of benzene rings is 2. The Bertz CT molecular complexity index is 824. The molecule has 2 aromatic carbocycles. The summed E-state index contributed by atoms with van der Waals surface area (Å²) in [6.45, 7) is 1.80. The SMILES string of the molecule is Cc1cc(Cc2ccc(OC#N)cc2)c(OC#N)cc1OC#N. The van der Waals surface area contributed by atoms with E-state index in [4.69, 9.17) is 30.0 Å². The van der Waals surface area contributed by atoms with E-state index in [2.05, 4.69) is 0 Å². The first-order chi connectivity index (χ1) is 11.2. The largest absolute Gasteiger partial charge is 0.388 e. The maximum atomic E-state index is 8.77. The predicted octanol–water partition coefficient (Wildman–Crippen LogP) is 3.17. The molecule has 0 radical (unpaired) electrons. The van der Waals surface area contributed by atoms with E-state index in [1.165, 1.54) is 6.07 Å². The van der Waals surface area contributed by atoms with E-state index >= 15 is 0 Å². The molecule has 0 fully saturated rings. The Kier molecular flexibility index (Phi) is 5.02. The molecule has 0 amide bonds. The topological polar surface area (TPSA) is 99.1 Å². The van der Waals surface area contributed by atoms with E-state index in [9.17, 15) is 0 Å². The van der Waals surface area contributed by atoms with E-state index in [1.54, 1.807) is 43.9 Å². The van der Waals surface area contributed by atoms with E-state index in [0.29, 0.717) is 23.7 Å². The molecule has 0 unspecified atom stereocenters. The van der Waals surface area contributed by atoms with Crippen molar-refractivity contribution < 1.29 is 14.2 Å². The van der Waals surface area contributed by atoms with Gasteiger partial charge in [0.2, 0.25) is 0 Å². The van der Waals surface area contributed by atoms with Crippen LogP contribution in [0.4, 0.5) is 0 Å². The summed E-state index contributed by atoms with van der Waals surface area (Å²) in [6, 6.07) is 10.3. The summed E-state index contributed by atoms with van der Waals surface area (Å²) in [7, 11) is 0. The van der Waals surface area contributed by atoms with Gasteiger partial charge in [0.25, 0.3) is 18.8 Å². The summed E-state index contributed by atoms with van der Waals surface area (Å²) in [5.74, 6) is 1.14. The summed E-state index contributed by atoms with van der Waals surface area (Å²) < 4.78 is 14.5. The first-order valence-electron chi connectivity index (χ1n) is 6.58. The molecule has 0 aromatic heterocycles. The van der Waals surface area contributed by atoms with E-state index in [1.807, 2.05) is 12.1 Å². The van der Waals surface area contributed by atoms with Gasteiger partial charge in [-0.3, -0.25) is 0 Å². The fraction of sp³-hybridized carbons (Fsp3) is 0.118. The molecule has 0 bridgehead atoms. The smallest absolute Gasteiger partial charge is 0.292 e. The van der Waals surface area contributed by atoms with Crippen LogP contribution in [0.1, 0.15) is 16.7 Å². The van der Waals surface area contributed by atoms with Crippen LogP contribution in [-0.2, 0) is 6.42 Å². The lowest BCUT2D eigenvalue weighted by Gasteiger charge is -2.11. The Hall–Kier alpha value is -3.69. The Morgan fingerprint density at radius 3 is 2.04 bits per heavy atom. The first kappa shape index (κ1) is 15.7. The molecule has 0 aliphatic rings. The fourth-order valence-corrected chi connectivity index (χ4v) is 2.12. The Morgan fingerprint density at radius 1 is 0.826 bits per heavy atom. The minimum absolute atomic E-state index is 0.334. The van der Waals surface area contributed by atoms with Gasteiger partial charge in [0.05, 0.1) is 0 Å². The van der Waals surface area contributed by atoms with Gasteiger partial charge in [0, 0.05) is 18.1 Å². The van der Waals surface area contributed by atoms with Gasteiger partial charge in [-0.2, -0.15) is 0 Å². The van der Waals surface area contributed by atoms with Crippen LogP contribution in [0.5, 0.6) is 17.2 Å². The molecule has 112 valence electrons. The zero-order valence-electron chi connectivity index (χ0n) is 12.2. The number of hydrogen-bond acceptors (Lipinski definition) is 6. The van der Waals surface area contributed by atoms with Crippen molar-refractivity contribution in [3.63, 3.8) is 0 Å². The predicted molar refractivity (Wildman–Crippen MR) is 79.2 cm³/mol. The van der Waals surface area contributed by atoms with Crippen molar-refractivity contribution in [1.82, 2.24) is 0 Å². The lowest BCUT2D eigenvalue weighted by molar-refractivity contribution is 0.477. The summed E-state index contributed by atoms with van der Waals surface area (Å²) >= 11 is 0. The molecular weight excluding hydrogens is 294 g/mol. The van der Waals surface area contributed by atoms with Crippen molar-refractivity contribution in [2.24, 2.45) is 0 Å². The van der Waals surface area contributed by atoms with Gasteiger partial charge in [0.1, 0.15) is 17.2 Å². The van der Waals surface area contributed by atoms with E-state index < -0.39 is 0 Å². The van der Waals surface area contributed by atoms with Gasteiger partial charge in [-0.15, -0.1) is 15.8 Å². The average Bonchev–Trinajstić information content (AvgIpc) is 2.54. The molecule has 0 heterocycles. The molecule has 0 aliphatic heterocycles. The Labute approximate surface area is 133 Å². The lowest BCUT2D eigenvalue weighted by Crippen LogP contribution is -1.97. The normalized spacial score (nSPS) is 9.13. The van der Waals surface area contributed by atoms with Gasteiger partial charge in [-0.25, -0.2) is 0 Å². The Balaban J connectivity index is 2.31. The molecule has 0 N–H and O–H groups in total. The van der Waals surface area contributed by atoms with Crippen molar-refractivity contribution in [3.8, 4) is 36.0 Å². The van der Waals surface area contributed by atoms with Crippen molar-refractivity contribution in [3.05, 3.63) is 53.1 Å². The number of nitrogens with zero attached hydrogens (tertiary/aromatic N) is 3. The molecule has 6 heteroatoms. The van der Waals surface area contributed by atoms with Crippen LogP contribution < -0.4 is 14.2 Å². The van der Waals surface area contributed by atoms with Gasteiger partial charge in [0.15, 0.2) is 0 Å². The molecule has 0 aliphatic carbocycles. The minimum Gasteiger partial charge on any atom is -0.388 e. The first-order valence-corrected chi connectivity index (χ1v) is 6.58. The third-order valence-corrected chi connectivity index (χ3v) is 3.15. The number of aryl methyl sites for hydroxylation is 1. The highest BCUT2D eigenvalue weighted by atomic mass is 16.5. The van der Waals surface area contributed by atoms with Crippen molar-refractivity contribution in [2.45, 2.75) is 13.3 Å². The average molecular weight is 305 g/mol. The highest BCUT2D eigenvalue weighted by Crippen LogP contribution is 2.30. The minimum atomic E-state index is 0.334. The van der Waals surface area contributed by atoms with E-state index in [0.717, 1.165) is 16.7 Å². The van der Waals surface area contributed by atoms with Gasteiger partial charge in [-0.1, -0.05) is 12.1 Å². The number of rotatable bonds is 5. The quantitative estimate of drug-likeness (QED) is 0.787. The third-order valence-electron chi connectivity index (χ3n) is 3.15. The molecular formula is C17H11N3O3. The second-order valence-corrected chi connectivity index (χ2v) is 4.63. The summed E-state index contributed by atoms with van der Waals surface area (Å²) in [5.41, 5.74) is 2.49. The molecule has 2 aromatic rings. The van der Waals surface area contributed by atoms with Gasteiger partial charge < -0.3 is 14.2 Å². The number of nitriles is 3. The monoisotopic (exact) mass is 305 g/mol. The van der Waals surface area contributed by atoms with Crippen LogP contribution in [0.15, 0.2) is 36.4 Å². The van der Waals surface area contributed by atoms with Crippen LogP contribution >= 0.6 is 0 Å². The zero-order valence-corrected chi connectivity index (χ0v) is 12.2. The molecule has 6 nitrogen and oxygen atoms in total. The summed E-state index contributed by atoms with van der Waals surface area (Å²) in [6.07, 6.45) is 5.35. The van der Waals surface area contributed by atoms with Crippen molar-refractivity contribution in [1.29, 1.82) is 15.8 Å². The molecule has 0 saturated carbocycles. The summed E-state index contributed by atoms with van der Waals surface area (Å²) in [5, 5.41) is 25.9. The summed E-state index contributed by atoms with van der Waals surface area (Å²) in [4.78, 5) is 0. The second-order valence-electron chi connectivity index (χ2n) is 4.63. The molecule has 2 rings (SSSR count). The number of ether oxygens (including phenoxy) is 3. The van der Waals surface area contributed by atoms with Crippen LogP contribution in [0, 0.1) is 41.5 Å². The highest BCUT2D eigenvalue weighted by Gasteiger charge is 2.11. The van der Waals surface area contributed by atoms with E-state index in [-0.39, 0.29) is 0 Å². The second kappa shape index (κ2) is 7.36. The van der Waals surface area contributed by atoms with Crippen LogP contribution in [0.3, 0.4) is 0 Å². The molecule has 0 spiro atoms. The standard InChI is InChI=1S/C17H11N3O3/c1-12-6-14(17(23-11-20)8-16(12)22-10-19)7-13-2-4-15(5-3-13)21-9-18/h2-6,8H,7H2,1H3. The Morgan fingerprint density at radius 2 is 1.43 bits per heavy atom. The third kappa shape index (κ3) is 3.91.